The SMILES string of the molecule is O=C(N[C@H]1CCCc2ccccc21)[C@@H]1CC(=O)N(Cc2ccccc2Cl)C1. The van der Waals surface area contributed by atoms with E-state index in [2.05, 4.69) is 17.4 Å². The molecule has 1 fully saturated rings. The molecule has 0 spiro atoms. The van der Waals surface area contributed by atoms with Gasteiger partial charge in [0, 0.05) is 24.5 Å². The molecule has 1 saturated heterocycles. The Morgan fingerprint density at radius 2 is 1.93 bits per heavy atom. The molecule has 4 rings (SSSR count). The van der Waals surface area contributed by atoms with Gasteiger partial charge >= 0.3 is 0 Å². The first-order chi connectivity index (χ1) is 13.1. The van der Waals surface area contributed by atoms with Crippen molar-refractivity contribution in [1.29, 1.82) is 0 Å². The minimum absolute atomic E-state index is 0.0131. The van der Waals surface area contributed by atoms with Gasteiger partial charge in [-0.3, -0.25) is 9.59 Å². The number of hydrogen-bond acceptors (Lipinski definition) is 2. The number of benzene rings is 2. The van der Waals surface area contributed by atoms with Crippen LogP contribution in [0.4, 0.5) is 0 Å². The number of likely N-dealkylation sites (tertiary alicyclic amines) is 1. The first-order valence-corrected chi connectivity index (χ1v) is 9.89. The molecule has 0 saturated carbocycles. The quantitative estimate of drug-likeness (QED) is 0.872. The number of hydrogen-bond donors (Lipinski definition) is 1. The van der Waals surface area contributed by atoms with E-state index in [0.29, 0.717) is 18.1 Å². The number of carbonyl (C=O) groups excluding carboxylic acids is 2. The Labute approximate surface area is 164 Å². The first-order valence-electron chi connectivity index (χ1n) is 9.51. The summed E-state index contributed by atoms with van der Waals surface area (Å²) in [5, 5.41) is 3.84. The molecule has 1 heterocycles. The molecule has 2 atom stereocenters. The molecular weight excluding hydrogens is 360 g/mol. The number of nitrogens with one attached hydrogen (secondary N) is 1. The molecule has 4 nitrogen and oxygen atoms in total. The van der Waals surface area contributed by atoms with Crippen LogP contribution in [0.25, 0.3) is 0 Å². The molecule has 0 radical (unpaired) electrons. The van der Waals surface area contributed by atoms with Crippen LogP contribution in [0, 0.1) is 5.92 Å². The lowest BCUT2D eigenvalue weighted by Crippen LogP contribution is -2.36. The Morgan fingerprint density at radius 1 is 1.15 bits per heavy atom. The van der Waals surface area contributed by atoms with Crippen molar-refractivity contribution >= 4 is 23.4 Å². The lowest BCUT2D eigenvalue weighted by molar-refractivity contribution is -0.129. The zero-order valence-corrected chi connectivity index (χ0v) is 15.9. The van der Waals surface area contributed by atoms with Gasteiger partial charge in [0.2, 0.25) is 11.8 Å². The number of amides is 2. The van der Waals surface area contributed by atoms with Gasteiger partial charge in [0.25, 0.3) is 0 Å². The maximum atomic E-state index is 12.8. The Kier molecular flexibility index (Phi) is 5.17. The minimum Gasteiger partial charge on any atom is -0.349 e. The largest absolute Gasteiger partial charge is 0.349 e. The van der Waals surface area contributed by atoms with Crippen molar-refractivity contribution in [1.82, 2.24) is 10.2 Å². The molecule has 0 bridgehead atoms. The second kappa shape index (κ2) is 7.73. The molecule has 2 aliphatic rings. The molecule has 27 heavy (non-hydrogen) atoms. The molecule has 2 aromatic carbocycles. The third-order valence-electron chi connectivity index (χ3n) is 5.59. The van der Waals surface area contributed by atoms with Crippen LogP contribution >= 0.6 is 11.6 Å². The highest BCUT2D eigenvalue weighted by Crippen LogP contribution is 2.30. The van der Waals surface area contributed by atoms with Crippen molar-refractivity contribution in [3.8, 4) is 0 Å². The molecule has 2 aromatic rings. The van der Waals surface area contributed by atoms with E-state index in [1.165, 1.54) is 11.1 Å². The van der Waals surface area contributed by atoms with Gasteiger partial charge in [-0.15, -0.1) is 0 Å². The van der Waals surface area contributed by atoms with Gasteiger partial charge in [-0.2, -0.15) is 0 Å². The van der Waals surface area contributed by atoms with Crippen LogP contribution in [-0.2, 0) is 22.6 Å². The summed E-state index contributed by atoms with van der Waals surface area (Å²) in [7, 11) is 0. The Balaban J connectivity index is 1.41. The summed E-state index contributed by atoms with van der Waals surface area (Å²) in [5.41, 5.74) is 3.45. The lowest BCUT2D eigenvalue weighted by Gasteiger charge is -2.27. The minimum atomic E-state index is -0.297. The fraction of sp³-hybridized carbons (Fsp3) is 0.364. The summed E-state index contributed by atoms with van der Waals surface area (Å²) in [6.45, 7) is 0.902. The van der Waals surface area contributed by atoms with Crippen LogP contribution in [0.5, 0.6) is 0 Å². The predicted molar refractivity (Wildman–Crippen MR) is 105 cm³/mol. The molecule has 0 aromatic heterocycles. The highest BCUT2D eigenvalue weighted by Gasteiger charge is 2.35. The molecule has 2 amide bonds. The third-order valence-corrected chi connectivity index (χ3v) is 5.96. The van der Waals surface area contributed by atoms with E-state index in [4.69, 9.17) is 11.6 Å². The maximum Gasteiger partial charge on any atom is 0.225 e. The van der Waals surface area contributed by atoms with E-state index in [0.717, 1.165) is 24.8 Å². The Hall–Kier alpha value is -2.33. The van der Waals surface area contributed by atoms with Crippen LogP contribution in [0.2, 0.25) is 5.02 Å². The van der Waals surface area contributed by atoms with Crippen molar-refractivity contribution in [2.24, 2.45) is 5.92 Å². The zero-order valence-electron chi connectivity index (χ0n) is 15.2. The monoisotopic (exact) mass is 382 g/mol. The molecule has 1 aliphatic heterocycles. The van der Waals surface area contributed by atoms with Crippen molar-refractivity contribution < 1.29 is 9.59 Å². The highest BCUT2D eigenvalue weighted by atomic mass is 35.5. The summed E-state index contributed by atoms with van der Waals surface area (Å²) < 4.78 is 0. The summed E-state index contributed by atoms with van der Waals surface area (Å²) >= 11 is 6.21. The van der Waals surface area contributed by atoms with Crippen molar-refractivity contribution in [2.45, 2.75) is 38.3 Å². The van der Waals surface area contributed by atoms with Gasteiger partial charge in [-0.1, -0.05) is 54.1 Å². The molecular formula is C22H23ClN2O2. The van der Waals surface area contributed by atoms with Gasteiger partial charge in [-0.05, 0) is 42.0 Å². The predicted octanol–water partition coefficient (Wildman–Crippen LogP) is 3.88. The van der Waals surface area contributed by atoms with Gasteiger partial charge in [-0.25, -0.2) is 0 Å². The third kappa shape index (κ3) is 3.86. The van der Waals surface area contributed by atoms with Crippen LogP contribution in [0.15, 0.2) is 48.5 Å². The van der Waals surface area contributed by atoms with E-state index in [-0.39, 0.29) is 30.2 Å². The fourth-order valence-corrected chi connectivity index (χ4v) is 4.32. The smallest absolute Gasteiger partial charge is 0.225 e. The average molecular weight is 383 g/mol. The van der Waals surface area contributed by atoms with Gasteiger partial charge in [0.15, 0.2) is 0 Å². The number of fused-ring (bicyclic) bond motifs is 1. The summed E-state index contributed by atoms with van der Waals surface area (Å²) in [5.74, 6) is -0.306. The van der Waals surface area contributed by atoms with Gasteiger partial charge < -0.3 is 10.2 Å². The number of carbonyl (C=O) groups is 2. The molecule has 1 aliphatic carbocycles. The lowest BCUT2D eigenvalue weighted by atomic mass is 9.87. The summed E-state index contributed by atoms with van der Waals surface area (Å²) in [6, 6.07) is 15.9. The standard InChI is InChI=1S/C22H23ClN2O2/c23-19-10-4-2-7-16(19)13-25-14-17(12-21(25)26)22(27)24-20-11-5-8-15-6-1-3-9-18(15)20/h1-4,6-7,9-10,17,20H,5,8,11-14H2,(H,24,27)/t17-,20+/m1/s1. The highest BCUT2D eigenvalue weighted by molar-refractivity contribution is 6.31. The van der Waals surface area contributed by atoms with E-state index < -0.39 is 0 Å². The fourth-order valence-electron chi connectivity index (χ4n) is 4.13. The number of nitrogens with zero attached hydrogens (tertiary/aromatic N) is 1. The second-order valence-electron chi connectivity index (χ2n) is 7.42. The van der Waals surface area contributed by atoms with Crippen molar-refractivity contribution in [2.75, 3.05) is 6.54 Å². The first kappa shape index (κ1) is 18.1. The normalized spacial score (nSPS) is 21.8. The van der Waals surface area contributed by atoms with Crippen molar-refractivity contribution in [3.63, 3.8) is 0 Å². The van der Waals surface area contributed by atoms with E-state index in [9.17, 15) is 9.59 Å². The average Bonchev–Trinajstić information content (AvgIpc) is 3.05. The van der Waals surface area contributed by atoms with E-state index in [1.54, 1.807) is 4.90 Å². The van der Waals surface area contributed by atoms with E-state index >= 15 is 0 Å². The number of halogens is 1. The van der Waals surface area contributed by atoms with E-state index in [1.807, 2.05) is 36.4 Å². The number of rotatable bonds is 4. The summed E-state index contributed by atoms with van der Waals surface area (Å²) in [4.78, 5) is 27.0. The number of aryl methyl sites for hydroxylation is 1. The summed E-state index contributed by atoms with van der Waals surface area (Å²) in [6.07, 6.45) is 3.36. The van der Waals surface area contributed by atoms with Crippen LogP contribution in [-0.4, -0.2) is 23.3 Å². The Bertz CT molecular complexity index is 867. The van der Waals surface area contributed by atoms with Crippen LogP contribution in [0.1, 0.15) is 42.0 Å². The zero-order chi connectivity index (χ0) is 18.8. The second-order valence-corrected chi connectivity index (χ2v) is 7.83. The Morgan fingerprint density at radius 3 is 2.78 bits per heavy atom. The maximum absolute atomic E-state index is 12.8. The van der Waals surface area contributed by atoms with Crippen LogP contribution in [0.3, 0.4) is 0 Å². The van der Waals surface area contributed by atoms with Crippen LogP contribution < -0.4 is 5.32 Å². The molecule has 140 valence electrons. The topological polar surface area (TPSA) is 49.4 Å². The van der Waals surface area contributed by atoms with Gasteiger partial charge in [0.1, 0.15) is 0 Å². The van der Waals surface area contributed by atoms with Crippen molar-refractivity contribution in [3.05, 3.63) is 70.2 Å². The van der Waals surface area contributed by atoms with Gasteiger partial charge in [0.05, 0.1) is 12.0 Å². The molecule has 1 N–H and O–H groups in total. The molecule has 5 heteroatoms. The molecule has 0 unspecified atom stereocenters.